The van der Waals surface area contributed by atoms with Gasteiger partial charge in [0, 0.05) is 10.6 Å². The smallest absolute Gasteiger partial charge is 0.191 e. The summed E-state index contributed by atoms with van der Waals surface area (Å²) in [6.45, 7) is 0. The minimum Gasteiger partial charge on any atom is -0.331 e. The second kappa shape index (κ2) is 6.23. The molecule has 0 unspecified atom stereocenters. The monoisotopic (exact) mass is 279 g/mol. The third kappa shape index (κ3) is 3.90. The van der Waals surface area contributed by atoms with Gasteiger partial charge in [0.05, 0.1) is 6.21 Å². The lowest BCUT2D eigenvalue weighted by molar-refractivity contribution is 0.628. The van der Waals surface area contributed by atoms with Crippen LogP contribution >= 0.6 is 23.6 Å². The van der Waals surface area contributed by atoms with E-state index < -0.39 is 0 Å². The van der Waals surface area contributed by atoms with Crippen LogP contribution in [0.4, 0.5) is 10.1 Å². The van der Waals surface area contributed by atoms with E-state index in [0.717, 1.165) is 4.88 Å². The van der Waals surface area contributed by atoms with Crippen LogP contribution < -0.4 is 10.7 Å². The summed E-state index contributed by atoms with van der Waals surface area (Å²) in [6, 6.07) is 9.83. The predicted octanol–water partition coefficient (Wildman–Crippen LogP) is 3.21. The van der Waals surface area contributed by atoms with Gasteiger partial charge < -0.3 is 5.32 Å². The number of hydrogen-bond acceptors (Lipinski definition) is 3. The Morgan fingerprint density at radius 2 is 2.06 bits per heavy atom. The Balaban J connectivity index is 1.84. The molecule has 3 nitrogen and oxygen atoms in total. The van der Waals surface area contributed by atoms with Crippen LogP contribution in [0, 0.1) is 5.82 Å². The molecule has 0 saturated heterocycles. The molecule has 1 aromatic carbocycles. The number of hydrogen-bond donors (Lipinski definition) is 2. The zero-order chi connectivity index (χ0) is 12.8. The van der Waals surface area contributed by atoms with Crippen molar-refractivity contribution in [3.8, 4) is 0 Å². The van der Waals surface area contributed by atoms with Crippen LogP contribution in [0.15, 0.2) is 46.9 Å². The van der Waals surface area contributed by atoms with Gasteiger partial charge in [-0.05, 0) is 47.9 Å². The first kappa shape index (κ1) is 12.7. The van der Waals surface area contributed by atoms with Crippen LogP contribution in [0.1, 0.15) is 4.88 Å². The van der Waals surface area contributed by atoms with Gasteiger partial charge in [-0.3, -0.25) is 5.43 Å². The van der Waals surface area contributed by atoms with E-state index in [9.17, 15) is 4.39 Å². The standard InChI is InChI=1S/C12H10FN3S2/c13-9-3-5-10(6-4-9)15-12(17)16-14-8-11-2-1-7-18-11/h1-8H,(H2,15,16,17)/b14-8+. The molecule has 0 spiro atoms. The molecule has 2 rings (SSSR count). The third-order valence-electron chi connectivity index (χ3n) is 2.00. The van der Waals surface area contributed by atoms with E-state index in [0.29, 0.717) is 10.8 Å². The molecule has 0 aliphatic heterocycles. The predicted molar refractivity (Wildman–Crippen MR) is 77.7 cm³/mol. The second-order valence-electron chi connectivity index (χ2n) is 3.35. The molecular formula is C12H10FN3S2. The molecular weight excluding hydrogens is 269 g/mol. The van der Waals surface area contributed by atoms with Crippen molar-refractivity contribution in [2.75, 3.05) is 5.32 Å². The molecule has 0 bridgehead atoms. The lowest BCUT2D eigenvalue weighted by Gasteiger charge is -2.06. The van der Waals surface area contributed by atoms with Crippen molar-refractivity contribution < 1.29 is 4.39 Å². The fourth-order valence-electron chi connectivity index (χ4n) is 1.21. The van der Waals surface area contributed by atoms with Gasteiger partial charge in [0.2, 0.25) is 0 Å². The SMILES string of the molecule is Fc1ccc(NC(=S)N/N=C/c2cccs2)cc1. The van der Waals surface area contributed by atoms with Crippen LogP contribution in [-0.2, 0) is 0 Å². The molecule has 2 aromatic rings. The van der Waals surface area contributed by atoms with Gasteiger partial charge in [-0.1, -0.05) is 6.07 Å². The highest BCUT2D eigenvalue weighted by atomic mass is 32.1. The van der Waals surface area contributed by atoms with Crippen molar-refractivity contribution in [2.45, 2.75) is 0 Å². The lowest BCUT2D eigenvalue weighted by atomic mass is 10.3. The summed E-state index contributed by atoms with van der Waals surface area (Å²) in [7, 11) is 0. The summed E-state index contributed by atoms with van der Waals surface area (Å²) in [4.78, 5) is 1.03. The van der Waals surface area contributed by atoms with Gasteiger partial charge in [0.25, 0.3) is 0 Å². The summed E-state index contributed by atoms with van der Waals surface area (Å²) in [5.74, 6) is -0.282. The number of thiocarbonyl (C=S) groups is 1. The van der Waals surface area contributed by atoms with E-state index >= 15 is 0 Å². The summed E-state index contributed by atoms with van der Waals surface area (Å²) in [6.07, 6.45) is 1.68. The summed E-state index contributed by atoms with van der Waals surface area (Å²) in [5, 5.41) is 9.20. The van der Waals surface area contributed by atoms with Gasteiger partial charge in [0.15, 0.2) is 5.11 Å². The molecule has 1 heterocycles. The highest BCUT2D eigenvalue weighted by molar-refractivity contribution is 7.80. The number of nitrogens with zero attached hydrogens (tertiary/aromatic N) is 1. The largest absolute Gasteiger partial charge is 0.331 e. The molecule has 2 N–H and O–H groups in total. The van der Waals surface area contributed by atoms with Crippen molar-refractivity contribution >= 4 is 40.6 Å². The fraction of sp³-hybridized carbons (Fsp3) is 0. The maximum Gasteiger partial charge on any atom is 0.191 e. The second-order valence-corrected chi connectivity index (χ2v) is 4.73. The minimum atomic E-state index is -0.282. The number of hydrazone groups is 1. The normalized spacial score (nSPS) is 10.5. The minimum absolute atomic E-state index is 0.282. The average molecular weight is 279 g/mol. The van der Waals surface area contributed by atoms with Gasteiger partial charge in [-0.15, -0.1) is 11.3 Å². The van der Waals surface area contributed by atoms with Crippen molar-refractivity contribution in [3.63, 3.8) is 0 Å². The van der Waals surface area contributed by atoms with E-state index in [-0.39, 0.29) is 5.82 Å². The Bertz CT molecular complexity index is 535. The molecule has 0 fully saturated rings. The van der Waals surface area contributed by atoms with E-state index in [4.69, 9.17) is 12.2 Å². The molecule has 0 amide bonds. The van der Waals surface area contributed by atoms with Crippen LogP contribution in [0.25, 0.3) is 0 Å². The molecule has 0 aliphatic rings. The van der Waals surface area contributed by atoms with Crippen LogP contribution in [0.2, 0.25) is 0 Å². The van der Waals surface area contributed by atoms with E-state index in [1.165, 1.54) is 12.1 Å². The number of nitrogens with one attached hydrogen (secondary N) is 2. The van der Waals surface area contributed by atoms with Gasteiger partial charge in [-0.2, -0.15) is 5.10 Å². The Kier molecular flexibility index (Phi) is 4.38. The molecule has 0 atom stereocenters. The average Bonchev–Trinajstić information content (AvgIpc) is 2.85. The van der Waals surface area contributed by atoms with E-state index in [2.05, 4.69) is 15.8 Å². The fourth-order valence-corrected chi connectivity index (χ4v) is 1.97. The molecule has 6 heteroatoms. The van der Waals surface area contributed by atoms with Crippen molar-refractivity contribution in [1.82, 2.24) is 5.43 Å². The molecule has 18 heavy (non-hydrogen) atoms. The highest BCUT2D eigenvalue weighted by Gasteiger charge is 1.96. The van der Waals surface area contributed by atoms with Gasteiger partial charge in [-0.25, -0.2) is 4.39 Å². The lowest BCUT2D eigenvalue weighted by Crippen LogP contribution is -2.23. The number of benzene rings is 1. The van der Waals surface area contributed by atoms with Crippen molar-refractivity contribution in [2.24, 2.45) is 5.10 Å². The van der Waals surface area contributed by atoms with Crippen LogP contribution in [0.3, 0.4) is 0 Å². The van der Waals surface area contributed by atoms with E-state index in [1.807, 2.05) is 17.5 Å². The molecule has 0 radical (unpaired) electrons. The molecule has 1 aromatic heterocycles. The van der Waals surface area contributed by atoms with Gasteiger partial charge >= 0.3 is 0 Å². The molecule has 0 saturated carbocycles. The van der Waals surface area contributed by atoms with Gasteiger partial charge in [0.1, 0.15) is 5.82 Å². The zero-order valence-electron chi connectivity index (χ0n) is 9.26. The summed E-state index contributed by atoms with van der Waals surface area (Å²) >= 11 is 6.62. The maximum absolute atomic E-state index is 12.7. The number of thiophene rings is 1. The number of rotatable bonds is 3. The first-order chi connectivity index (χ1) is 8.74. The zero-order valence-corrected chi connectivity index (χ0v) is 10.9. The first-order valence-corrected chi connectivity index (χ1v) is 6.42. The third-order valence-corrected chi connectivity index (χ3v) is 3.00. The van der Waals surface area contributed by atoms with E-state index in [1.54, 1.807) is 29.7 Å². The van der Waals surface area contributed by atoms with Crippen molar-refractivity contribution in [1.29, 1.82) is 0 Å². The molecule has 92 valence electrons. The quantitative estimate of drug-likeness (QED) is 0.514. The summed E-state index contributed by atoms with van der Waals surface area (Å²) in [5.41, 5.74) is 3.40. The first-order valence-electron chi connectivity index (χ1n) is 5.13. The Labute approximate surface area is 113 Å². The van der Waals surface area contributed by atoms with Crippen molar-refractivity contribution in [3.05, 3.63) is 52.5 Å². The van der Waals surface area contributed by atoms with Crippen LogP contribution in [0.5, 0.6) is 0 Å². The number of halogens is 1. The Morgan fingerprint density at radius 1 is 1.28 bits per heavy atom. The topological polar surface area (TPSA) is 36.4 Å². The Hall–Kier alpha value is -1.79. The Morgan fingerprint density at radius 3 is 2.72 bits per heavy atom. The maximum atomic E-state index is 12.7. The highest BCUT2D eigenvalue weighted by Crippen LogP contribution is 2.08. The van der Waals surface area contributed by atoms with Crippen LogP contribution in [-0.4, -0.2) is 11.3 Å². The molecule has 0 aliphatic carbocycles. The number of anilines is 1. The summed E-state index contributed by atoms with van der Waals surface area (Å²) < 4.78 is 12.7.